The topological polar surface area (TPSA) is 114 Å². The Labute approximate surface area is 157 Å². The van der Waals surface area contributed by atoms with Crippen LogP contribution >= 0.6 is 0 Å². The van der Waals surface area contributed by atoms with Gasteiger partial charge in [-0.25, -0.2) is 18.6 Å². The molecule has 28 heavy (non-hydrogen) atoms. The van der Waals surface area contributed by atoms with Crippen LogP contribution in [-0.2, 0) is 21.4 Å². The maximum Gasteiger partial charge on any atom is 0.573 e. The van der Waals surface area contributed by atoms with Gasteiger partial charge in [0.05, 0.1) is 11.4 Å². The molecule has 2 aromatic carbocycles. The third-order valence-corrected chi connectivity index (χ3v) is 4.64. The summed E-state index contributed by atoms with van der Waals surface area (Å²) < 4.78 is 71.9. The van der Waals surface area contributed by atoms with Crippen LogP contribution in [0.4, 0.5) is 13.2 Å². The molecule has 0 aliphatic carbocycles. The number of hydrogen-bond donors (Lipinski definition) is 3. The van der Waals surface area contributed by atoms with Gasteiger partial charge in [0, 0.05) is 0 Å². The first-order chi connectivity index (χ1) is 13.1. The van der Waals surface area contributed by atoms with E-state index in [1.807, 2.05) is 4.72 Å². The Morgan fingerprint density at radius 2 is 1.75 bits per heavy atom. The first-order valence-corrected chi connectivity index (χ1v) is 9.07. The molecule has 0 bridgehead atoms. The van der Waals surface area contributed by atoms with Gasteiger partial charge in [0.1, 0.15) is 18.1 Å². The summed E-state index contributed by atoms with van der Waals surface area (Å²) >= 11 is 0. The molecule has 0 saturated heterocycles. The van der Waals surface area contributed by atoms with Crippen molar-refractivity contribution in [2.24, 2.45) is 0 Å². The minimum Gasteiger partial charge on any atom is -0.489 e. The first kappa shape index (κ1) is 21.5. The maximum atomic E-state index is 12.2. The number of amides is 1. The summed E-state index contributed by atoms with van der Waals surface area (Å²) in [6.45, 7) is -0.719. The zero-order valence-corrected chi connectivity index (χ0v) is 14.9. The van der Waals surface area contributed by atoms with Gasteiger partial charge in [-0.15, -0.1) is 13.2 Å². The molecule has 0 spiro atoms. The van der Waals surface area contributed by atoms with Crippen molar-refractivity contribution in [2.75, 3.05) is 6.54 Å². The normalized spacial score (nSPS) is 11.7. The summed E-state index contributed by atoms with van der Waals surface area (Å²) in [6.07, 6.45) is -4.80. The molecule has 152 valence electrons. The maximum absolute atomic E-state index is 12.2. The smallest absolute Gasteiger partial charge is 0.489 e. The van der Waals surface area contributed by atoms with Gasteiger partial charge in [0.25, 0.3) is 5.91 Å². The molecule has 0 unspecified atom stereocenters. The Balaban J connectivity index is 1.98. The Morgan fingerprint density at radius 1 is 1.07 bits per heavy atom. The second kappa shape index (κ2) is 8.91. The van der Waals surface area contributed by atoms with Crippen LogP contribution in [0.3, 0.4) is 0 Å². The highest BCUT2D eigenvalue weighted by molar-refractivity contribution is 7.89. The number of halogens is 3. The molecule has 0 aliphatic heterocycles. The molecule has 2 rings (SSSR count). The van der Waals surface area contributed by atoms with Crippen molar-refractivity contribution in [3.8, 4) is 11.5 Å². The van der Waals surface area contributed by atoms with Gasteiger partial charge < -0.3 is 9.47 Å². The lowest BCUT2D eigenvalue weighted by atomic mass is 10.2. The minimum absolute atomic E-state index is 0.0733. The van der Waals surface area contributed by atoms with Crippen LogP contribution in [-0.4, -0.2) is 32.4 Å². The van der Waals surface area contributed by atoms with E-state index in [2.05, 4.69) is 4.74 Å². The van der Waals surface area contributed by atoms with Gasteiger partial charge in [0.15, 0.2) is 0 Å². The average molecular weight is 420 g/mol. The number of carbonyl (C=O) groups is 1. The van der Waals surface area contributed by atoms with Crippen molar-refractivity contribution < 1.29 is 41.1 Å². The number of hydrogen-bond acceptors (Lipinski definition) is 6. The van der Waals surface area contributed by atoms with Crippen molar-refractivity contribution in [3.63, 3.8) is 0 Å². The Morgan fingerprint density at radius 3 is 2.36 bits per heavy atom. The van der Waals surface area contributed by atoms with E-state index in [1.165, 1.54) is 47.9 Å². The van der Waals surface area contributed by atoms with Crippen LogP contribution < -0.4 is 19.7 Å². The third kappa shape index (κ3) is 6.72. The number of hydroxylamine groups is 1. The Hall–Kier alpha value is -2.83. The molecule has 2 aromatic rings. The van der Waals surface area contributed by atoms with Gasteiger partial charge in [0.2, 0.25) is 10.0 Å². The SMILES string of the molecule is O=C(CNS(=O)(=O)c1ccc(OCc2cccc(OC(F)(F)F)c2)cc1)NO. The van der Waals surface area contributed by atoms with Crippen LogP contribution in [0.25, 0.3) is 0 Å². The molecule has 0 atom stereocenters. The summed E-state index contributed by atoms with van der Waals surface area (Å²) in [4.78, 5) is 10.7. The van der Waals surface area contributed by atoms with Gasteiger partial charge in [-0.2, -0.15) is 0 Å². The largest absolute Gasteiger partial charge is 0.573 e. The fraction of sp³-hybridized carbons (Fsp3) is 0.188. The number of nitrogens with one attached hydrogen (secondary N) is 2. The number of rotatable bonds is 8. The lowest BCUT2D eigenvalue weighted by Gasteiger charge is -2.11. The molecule has 0 radical (unpaired) electrons. The van der Waals surface area contributed by atoms with Gasteiger partial charge in [-0.05, 0) is 42.0 Å². The van der Waals surface area contributed by atoms with Gasteiger partial charge in [-0.3, -0.25) is 10.0 Å². The van der Waals surface area contributed by atoms with Crippen molar-refractivity contribution >= 4 is 15.9 Å². The summed E-state index contributed by atoms with van der Waals surface area (Å²) in [5.41, 5.74) is 1.70. The zero-order valence-electron chi connectivity index (χ0n) is 14.1. The van der Waals surface area contributed by atoms with E-state index in [0.717, 1.165) is 6.07 Å². The molecule has 8 nitrogen and oxygen atoms in total. The zero-order chi connectivity index (χ0) is 20.8. The highest BCUT2D eigenvalue weighted by Crippen LogP contribution is 2.24. The number of alkyl halides is 3. The van der Waals surface area contributed by atoms with E-state index in [0.29, 0.717) is 5.56 Å². The number of ether oxygens (including phenoxy) is 2. The minimum atomic E-state index is -4.80. The van der Waals surface area contributed by atoms with E-state index in [4.69, 9.17) is 9.94 Å². The Kier molecular flexibility index (Phi) is 6.83. The van der Waals surface area contributed by atoms with Crippen molar-refractivity contribution in [1.82, 2.24) is 10.2 Å². The molecule has 1 amide bonds. The lowest BCUT2D eigenvalue weighted by Crippen LogP contribution is -2.35. The molecule has 0 saturated carbocycles. The fourth-order valence-electron chi connectivity index (χ4n) is 2.00. The van der Waals surface area contributed by atoms with Crippen molar-refractivity contribution in [2.45, 2.75) is 17.9 Å². The summed E-state index contributed by atoms with van der Waals surface area (Å²) in [5, 5.41) is 8.35. The molecular formula is C16H15F3N2O6S. The number of carbonyl (C=O) groups excluding carboxylic acids is 1. The molecule has 0 heterocycles. The summed E-state index contributed by atoms with van der Waals surface area (Å²) in [6, 6.07) is 10.4. The van der Waals surface area contributed by atoms with Crippen LogP contribution in [0.1, 0.15) is 5.56 Å². The fourth-order valence-corrected chi connectivity index (χ4v) is 2.98. The van der Waals surface area contributed by atoms with Crippen LogP contribution in [0, 0.1) is 0 Å². The van der Waals surface area contributed by atoms with Crippen molar-refractivity contribution in [1.29, 1.82) is 0 Å². The summed E-state index contributed by atoms with van der Waals surface area (Å²) in [7, 11) is -3.97. The highest BCUT2D eigenvalue weighted by atomic mass is 32.2. The second-order valence-electron chi connectivity index (χ2n) is 5.31. The van der Waals surface area contributed by atoms with Crippen LogP contribution in [0.15, 0.2) is 53.4 Å². The van der Waals surface area contributed by atoms with Crippen LogP contribution in [0.2, 0.25) is 0 Å². The van der Waals surface area contributed by atoms with Gasteiger partial charge in [-0.1, -0.05) is 12.1 Å². The predicted octanol–water partition coefficient (Wildman–Crippen LogP) is 1.95. The third-order valence-electron chi connectivity index (χ3n) is 3.22. The quantitative estimate of drug-likeness (QED) is 0.444. The molecule has 0 aromatic heterocycles. The van der Waals surface area contributed by atoms with E-state index >= 15 is 0 Å². The lowest BCUT2D eigenvalue weighted by molar-refractivity contribution is -0.274. The number of benzene rings is 2. The monoisotopic (exact) mass is 420 g/mol. The molecular weight excluding hydrogens is 405 g/mol. The van der Waals surface area contributed by atoms with E-state index in [-0.39, 0.29) is 23.0 Å². The highest BCUT2D eigenvalue weighted by Gasteiger charge is 2.31. The van der Waals surface area contributed by atoms with Crippen LogP contribution in [0.5, 0.6) is 11.5 Å². The Bertz CT molecular complexity index is 917. The van der Waals surface area contributed by atoms with E-state index in [9.17, 15) is 26.4 Å². The number of sulfonamides is 1. The summed E-state index contributed by atoms with van der Waals surface area (Å²) in [5.74, 6) is -1.04. The average Bonchev–Trinajstić information content (AvgIpc) is 2.64. The molecule has 3 N–H and O–H groups in total. The van der Waals surface area contributed by atoms with Crippen molar-refractivity contribution in [3.05, 3.63) is 54.1 Å². The van der Waals surface area contributed by atoms with Gasteiger partial charge >= 0.3 is 6.36 Å². The first-order valence-electron chi connectivity index (χ1n) is 7.59. The molecule has 12 heteroatoms. The molecule has 0 aliphatic rings. The van der Waals surface area contributed by atoms with E-state index in [1.54, 1.807) is 0 Å². The molecule has 0 fully saturated rings. The van der Waals surface area contributed by atoms with E-state index < -0.39 is 28.8 Å². The predicted molar refractivity (Wildman–Crippen MR) is 89.0 cm³/mol. The second-order valence-corrected chi connectivity index (χ2v) is 7.08. The standard InChI is InChI=1S/C16H15F3N2O6S/c17-16(18,19)27-13-3-1-2-11(8-13)10-26-12-4-6-14(7-5-12)28(24,25)20-9-15(22)21-23/h1-8,20,23H,9-10H2,(H,21,22).